The maximum atomic E-state index is 12.4. The molecule has 3 rings (SSSR count). The molecule has 7 nitrogen and oxygen atoms in total. The van der Waals surface area contributed by atoms with Gasteiger partial charge in [-0.05, 0) is 37.5 Å². The Kier molecular flexibility index (Phi) is 4.33. The first kappa shape index (κ1) is 16.2. The number of hydrogen-bond donors (Lipinski definition) is 2. The summed E-state index contributed by atoms with van der Waals surface area (Å²) in [6.07, 6.45) is 0.137. The van der Waals surface area contributed by atoms with Crippen LogP contribution in [0.2, 0.25) is 0 Å². The van der Waals surface area contributed by atoms with Crippen molar-refractivity contribution in [2.45, 2.75) is 40.2 Å². The molecule has 1 amide bonds. The molecule has 0 aliphatic rings. The number of H-pyrrole nitrogens is 1. The van der Waals surface area contributed by atoms with Gasteiger partial charge in [0.2, 0.25) is 5.91 Å². The minimum atomic E-state index is -0.203. The fourth-order valence-electron chi connectivity index (χ4n) is 2.63. The molecule has 2 heterocycles. The summed E-state index contributed by atoms with van der Waals surface area (Å²) in [5.41, 5.74) is 4.21. The molecule has 1 atom stereocenters. The van der Waals surface area contributed by atoms with Crippen molar-refractivity contribution in [1.82, 2.24) is 25.6 Å². The highest BCUT2D eigenvalue weighted by molar-refractivity contribution is 5.79. The third kappa shape index (κ3) is 3.29. The van der Waals surface area contributed by atoms with Crippen LogP contribution in [0, 0.1) is 19.8 Å². The van der Waals surface area contributed by atoms with Crippen molar-refractivity contribution in [1.29, 1.82) is 0 Å². The molecule has 0 bridgehead atoms. The van der Waals surface area contributed by atoms with Crippen LogP contribution in [0.15, 0.2) is 22.8 Å². The zero-order valence-corrected chi connectivity index (χ0v) is 14.3. The number of carbonyl (C=O) groups is 1. The molecular formula is C17H21N5O2. The van der Waals surface area contributed by atoms with Gasteiger partial charge in [0, 0.05) is 0 Å². The second-order valence-electron chi connectivity index (χ2n) is 6.40. The van der Waals surface area contributed by atoms with Crippen LogP contribution in [-0.2, 0) is 11.2 Å². The van der Waals surface area contributed by atoms with E-state index in [2.05, 4.69) is 36.3 Å². The summed E-state index contributed by atoms with van der Waals surface area (Å²) in [5, 5.41) is 10.5. The number of aromatic amines is 1. The van der Waals surface area contributed by atoms with Crippen molar-refractivity contribution in [2.75, 3.05) is 0 Å². The van der Waals surface area contributed by atoms with Crippen molar-refractivity contribution >= 4 is 16.9 Å². The summed E-state index contributed by atoms with van der Waals surface area (Å²) < 4.78 is 4.64. The van der Waals surface area contributed by atoms with Crippen molar-refractivity contribution in [2.24, 2.45) is 5.92 Å². The van der Waals surface area contributed by atoms with Crippen LogP contribution in [-0.4, -0.2) is 26.2 Å². The molecule has 0 radical (unpaired) electrons. The van der Waals surface area contributed by atoms with Gasteiger partial charge in [0.15, 0.2) is 0 Å². The number of benzene rings is 1. The molecule has 126 valence electrons. The number of amides is 1. The van der Waals surface area contributed by atoms with Gasteiger partial charge < -0.3 is 10.3 Å². The number of nitrogens with zero attached hydrogens (tertiary/aromatic N) is 3. The Labute approximate surface area is 139 Å². The fraction of sp³-hybridized carbons (Fsp3) is 0.412. The number of aryl methyl sites for hydroxylation is 2. The number of rotatable bonds is 5. The second kappa shape index (κ2) is 6.43. The first-order chi connectivity index (χ1) is 11.4. The van der Waals surface area contributed by atoms with Crippen LogP contribution < -0.4 is 5.32 Å². The zero-order valence-electron chi connectivity index (χ0n) is 14.3. The maximum Gasteiger partial charge on any atom is 0.226 e. The molecule has 2 aromatic heterocycles. The van der Waals surface area contributed by atoms with Crippen LogP contribution in [0.4, 0.5) is 0 Å². The summed E-state index contributed by atoms with van der Waals surface area (Å²) in [6.45, 7) is 7.90. The molecule has 0 unspecified atom stereocenters. The van der Waals surface area contributed by atoms with Gasteiger partial charge in [-0.1, -0.05) is 30.2 Å². The van der Waals surface area contributed by atoms with Crippen LogP contribution in [0.25, 0.3) is 11.0 Å². The molecule has 0 saturated heterocycles. The van der Waals surface area contributed by atoms with Crippen LogP contribution in [0.5, 0.6) is 0 Å². The quantitative estimate of drug-likeness (QED) is 0.751. The van der Waals surface area contributed by atoms with Gasteiger partial charge in [0.25, 0.3) is 0 Å². The largest absolute Gasteiger partial charge is 0.346 e. The fourth-order valence-corrected chi connectivity index (χ4v) is 2.63. The minimum absolute atomic E-state index is 0.135. The summed E-state index contributed by atoms with van der Waals surface area (Å²) in [5.74, 6) is 0.810. The predicted octanol–water partition coefficient (Wildman–Crippen LogP) is 2.62. The normalized spacial score (nSPS) is 12.7. The highest BCUT2D eigenvalue weighted by atomic mass is 16.6. The third-order valence-corrected chi connectivity index (χ3v) is 4.01. The molecule has 0 spiro atoms. The molecular weight excluding hydrogens is 306 g/mol. The van der Waals surface area contributed by atoms with E-state index in [1.165, 1.54) is 0 Å². The topological polar surface area (TPSA) is 96.7 Å². The molecule has 24 heavy (non-hydrogen) atoms. The molecule has 7 heteroatoms. The maximum absolute atomic E-state index is 12.4. The van der Waals surface area contributed by atoms with Gasteiger partial charge in [-0.3, -0.25) is 4.79 Å². The van der Waals surface area contributed by atoms with E-state index in [9.17, 15) is 4.79 Å². The lowest BCUT2D eigenvalue weighted by Crippen LogP contribution is -2.33. The van der Waals surface area contributed by atoms with E-state index >= 15 is 0 Å². The van der Waals surface area contributed by atoms with Crippen molar-refractivity contribution < 1.29 is 9.42 Å². The summed E-state index contributed by atoms with van der Waals surface area (Å²) in [4.78, 5) is 20.3. The van der Waals surface area contributed by atoms with E-state index in [1.54, 1.807) is 6.92 Å². The van der Waals surface area contributed by atoms with Crippen molar-refractivity contribution in [3.05, 3.63) is 41.0 Å². The Morgan fingerprint density at radius 2 is 2.08 bits per heavy atom. The Morgan fingerprint density at radius 1 is 1.29 bits per heavy atom. The van der Waals surface area contributed by atoms with Crippen LogP contribution in [0.3, 0.4) is 0 Å². The van der Waals surface area contributed by atoms with Gasteiger partial charge in [0.1, 0.15) is 17.2 Å². The number of imidazole rings is 1. The summed E-state index contributed by atoms with van der Waals surface area (Å²) >= 11 is 0. The van der Waals surface area contributed by atoms with Crippen molar-refractivity contribution in [3.8, 4) is 0 Å². The van der Waals surface area contributed by atoms with Gasteiger partial charge in [0.05, 0.1) is 23.5 Å². The van der Waals surface area contributed by atoms with Crippen molar-refractivity contribution in [3.63, 3.8) is 0 Å². The monoisotopic (exact) mass is 327 g/mol. The standard InChI is InChI=1S/C17H21N5O2/c1-9(2)16(20-15(23)8-13-11(4)21-24-22-13)17-18-12-6-5-10(3)7-14(12)19-17/h5-7,9,16H,8H2,1-4H3,(H,18,19)(H,20,23)/t16-/m1/s1. The number of hydrogen-bond acceptors (Lipinski definition) is 5. The van der Waals surface area contributed by atoms with E-state index in [0.717, 1.165) is 22.4 Å². The SMILES string of the molecule is Cc1ccc2nc([C@H](NC(=O)Cc3nonc3C)C(C)C)[nH]c2c1. The van der Waals surface area contributed by atoms with Gasteiger partial charge >= 0.3 is 0 Å². The lowest BCUT2D eigenvalue weighted by Gasteiger charge is -2.20. The Bertz CT molecular complexity index is 865. The van der Waals surface area contributed by atoms with E-state index in [0.29, 0.717) is 11.4 Å². The van der Waals surface area contributed by atoms with Crippen LogP contribution in [0.1, 0.15) is 42.7 Å². The molecule has 3 aromatic rings. The Hall–Kier alpha value is -2.70. The summed E-state index contributed by atoms with van der Waals surface area (Å²) in [7, 11) is 0. The zero-order chi connectivity index (χ0) is 17.3. The summed E-state index contributed by atoms with van der Waals surface area (Å²) in [6, 6.07) is 5.85. The smallest absolute Gasteiger partial charge is 0.226 e. The van der Waals surface area contributed by atoms with Gasteiger partial charge in [-0.15, -0.1) is 0 Å². The lowest BCUT2D eigenvalue weighted by atomic mass is 10.0. The molecule has 2 N–H and O–H groups in total. The Morgan fingerprint density at radius 3 is 2.75 bits per heavy atom. The lowest BCUT2D eigenvalue weighted by molar-refractivity contribution is -0.121. The molecule has 0 saturated carbocycles. The second-order valence-corrected chi connectivity index (χ2v) is 6.40. The highest BCUT2D eigenvalue weighted by Crippen LogP contribution is 2.23. The number of carbonyl (C=O) groups excluding carboxylic acids is 1. The van der Waals surface area contributed by atoms with E-state index in [-0.39, 0.29) is 24.3 Å². The number of aromatic nitrogens is 4. The number of fused-ring (bicyclic) bond motifs is 1. The average Bonchev–Trinajstić information content (AvgIpc) is 3.10. The predicted molar refractivity (Wildman–Crippen MR) is 89.3 cm³/mol. The average molecular weight is 327 g/mol. The van der Waals surface area contributed by atoms with Gasteiger partial charge in [-0.25, -0.2) is 9.61 Å². The Balaban J connectivity index is 1.80. The molecule has 0 aliphatic heterocycles. The van der Waals surface area contributed by atoms with Crippen LogP contribution >= 0.6 is 0 Å². The molecule has 1 aromatic carbocycles. The van der Waals surface area contributed by atoms with E-state index < -0.39 is 0 Å². The van der Waals surface area contributed by atoms with E-state index in [4.69, 9.17) is 0 Å². The first-order valence-electron chi connectivity index (χ1n) is 7.97. The third-order valence-electron chi connectivity index (χ3n) is 4.01. The molecule has 0 aliphatic carbocycles. The van der Waals surface area contributed by atoms with E-state index in [1.807, 2.05) is 32.9 Å². The first-order valence-corrected chi connectivity index (χ1v) is 7.97. The van der Waals surface area contributed by atoms with Gasteiger partial charge in [-0.2, -0.15) is 0 Å². The highest BCUT2D eigenvalue weighted by Gasteiger charge is 2.23. The minimum Gasteiger partial charge on any atom is -0.346 e. The molecule has 0 fully saturated rings. The number of nitrogens with one attached hydrogen (secondary N) is 2.